The Bertz CT molecular complexity index is 601. The van der Waals surface area contributed by atoms with E-state index in [4.69, 9.17) is 5.73 Å². The number of nitrogens with zero attached hydrogens (tertiary/aromatic N) is 1. The lowest BCUT2D eigenvalue weighted by Crippen LogP contribution is -2.29. The summed E-state index contributed by atoms with van der Waals surface area (Å²) >= 11 is 0. The van der Waals surface area contributed by atoms with Crippen molar-refractivity contribution in [3.05, 3.63) is 28.8 Å². The predicted molar refractivity (Wildman–Crippen MR) is 80.9 cm³/mol. The maximum Gasteiger partial charge on any atom is 0.243 e. The van der Waals surface area contributed by atoms with Crippen LogP contribution in [-0.2, 0) is 16.6 Å². The Hall–Kier alpha value is -0.910. The number of sulfonamides is 1. The summed E-state index contributed by atoms with van der Waals surface area (Å²) in [6, 6.07) is 3.66. The molecule has 1 fully saturated rings. The molecule has 1 aliphatic rings. The summed E-state index contributed by atoms with van der Waals surface area (Å²) in [6.45, 7) is 9.60. The molecule has 0 amide bonds. The van der Waals surface area contributed by atoms with Gasteiger partial charge in [0.1, 0.15) is 0 Å². The highest BCUT2D eigenvalue weighted by Gasteiger charge is 2.35. The van der Waals surface area contributed by atoms with Crippen molar-refractivity contribution in [2.24, 2.45) is 17.6 Å². The third-order valence-corrected chi connectivity index (χ3v) is 6.40. The molecule has 0 radical (unpaired) electrons. The van der Waals surface area contributed by atoms with E-state index in [1.54, 1.807) is 10.4 Å². The Morgan fingerprint density at radius 1 is 1.15 bits per heavy atom. The van der Waals surface area contributed by atoms with Gasteiger partial charge < -0.3 is 5.73 Å². The monoisotopic (exact) mass is 296 g/mol. The largest absolute Gasteiger partial charge is 0.326 e. The molecule has 1 heterocycles. The molecule has 0 aromatic heterocycles. The Labute approximate surface area is 122 Å². The molecule has 1 aliphatic heterocycles. The molecular formula is C15H24N2O2S. The van der Waals surface area contributed by atoms with Crippen molar-refractivity contribution < 1.29 is 8.42 Å². The number of aryl methyl sites for hydroxylation is 2. The average molecular weight is 296 g/mol. The van der Waals surface area contributed by atoms with Crippen LogP contribution in [0.25, 0.3) is 0 Å². The molecule has 1 aromatic carbocycles. The summed E-state index contributed by atoms with van der Waals surface area (Å²) in [5.74, 6) is 0.814. The molecule has 0 bridgehead atoms. The number of benzene rings is 1. The van der Waals surface area contributed by atoms with Crippen LogP contribution in [0, 0.1) is 25.7 Å². The summed E-state index contributed by atoms with van der Waals surface area (Å²) in [5, 5.41) is 0. The molecule has 0 saturated carbocycles. The van der Waals surface area contributed by atoms with Crippen molar-refractivity contribution in [3.63, 3.8) is 0 Å². The van der Waals surface area contributed by atoms with Gasteiger partial charge >= 0.3 is 0 Å². The summed E-state index contributed by atoms with van der Waals surface area (Å²) in [7, 11) is -3.41. The molecule has 112 valence electrons. The Morgan fingerprint density at radius 2 is 1.70 bits per heavy atom. The summed E-state index contributed by atoms with van der Waals surface area (Å²) in [4.78, 5) is 0.407. The van der Waals surface area contributed by atoms with E-state index in [9.17, 15) is 8.42 Å². The van der Waals surface area contributed by atoms with Crippen LogP contribution in [0.15, 0.2) is 17.0 Å². The van der Waals surface area contributed by atoms with Crippen LogP contribution < -0.4 is 5.73 Å². The van der Waals surface area contributed by atoms with E-state index in [0.29, 0.717) is 36.4 Å². The number of hydrogen-bond acceptors (Lipinski definition) is 3. The van der Waals surface area contributed by atoms with E-state index in [2.05, 4.69) is 13.8 Å². The van der Waals surface area contributed by atoms with Gasteiger partial charge in [0.05, 0.1) is 4.90 Å². The highest BCUT2D eigenvalue weighted by molar-refractivity contribution is 7.89. The second-order valence-electron chi connectivity index (χ2n) is 6.02. The normalized spacial score (nSPS) is 24.2. The Morgan fingerprint density at radius 3 is 2.20 bits per heavy atom. The van der Waals surface area contributed by atoms with Gasteiger partial charge in [0, 0.05) is 19.6 Å². The van der Waals surface area contributed by atoms with Crippen molar-refractivity contribution >= 4 is 10.0 Å². The third-order valence-electron chi connectivity index (χ3n) is 4.43. The van der Waals surface area contributed by atoms with E-state index in [1.165, 1.54) is 0 Å². The number of hydrogen-bond donors (Lipinski definition) is 1. The SMILES string of the molecule is Cc1cc(C)c(S(=O)(=O)N2CC(C)C(C)C2)cc1CN. The highest BCUT2D eigenvalue weighted by atomic mass is 32.2. The molecule has 2 rings (SSSR count). The zero-order valence-electron chi connectivity index (χ0n) is 12.7. The van der Waals surface area contributed by atoms with E-state index in [1.807, 2.05) is 19.9 Å². The molecule has 2 N–H and O–H groups in total. The Balaban J connectivity index is 2.45. The topological polar surface area (TPSA) is 63.4 Å². The predicted octanol–water partition coefficient (Wildman–Crippen LogP) is 2.04. The molecule has 1 aromatic rings. The van der Waals surface area contributed by atoms with Gasteiger partial charge in [-0.05, 0) is 48.4 Å². The van der Waals surface area contributed by atoms with Gasteiger partial charge in [-0.15, -0.1) is 0 Å². The molecule has 0 spiro atoms. The first-order valence-corrected chi connectivity index (χ1v) is 8.51. The first-order chi connectivity index (χ1) is 9.27. The van der Waals surface area contributed by atoms with Crippen LogP contribution >= 0.6 is 0 Å². The summed E-state index contributed by atoms with van der Waals surface area (Å²) < 4.78 is 27.2. The van der Waals surface area contributed by atoms with Crippen molar-refractivity contribution in [2.45, 2.75) is 39.1 Å². The van der Waals surface area contributed by atoms with Gasteiger partial charge in [0.15, 0.2) is 0 Å². The molecule has 4 nitrogen and oxygen atoms in total. The van der Waals surface area contributed by atoms with E-state index in [-0.39, 0.29) is 0 Å². The van der Waals surface area contributed by atoms with Crippen molar-refractivity contribution in [3.8, 4) is 0 Å². The van der Waals surface area contributed by atoms with Crippen molar-refractivity contribution in [1.82, 2.24) is 4.31 Å². The second kappa shape index (κ2) is 5.47. The fourth-order valence-electron chi connectivity index (χ4n) is 2.78. The minimum atomic E-state index is -3.41. The smallest absolute Gasteiger partial charge is 0.243 e. The number of rotatable bonds is 3. The second-order valence-corrected chi connectivity index (χ2v) is 7.93. The van der Waals surface area contributed by atoms with Crippen LogP contribution in [0.3, 0.4) is 0 Å². The van der Waals surface area contributed by atoms with Gasteiger partial charge in [-0.2, -0.15) is 4.31 Å². The van der Waals surface area contributed by atoms with E-state index < -0.39 is 10.0 Å². The fourth-order valence-corrected chi connectivity index (χ4v) is 4.68. The molecule has 20 heavy (non-hydrogen) atoms. The standard InChI is InChI=1S/C15H24N2O2S/c1-10-5-11(2)15(6-14(10)7-16)20(18,19)17-8-12(3)13(4)9-17/h5-6,12-13H,7-9,16H2,1-4H3. The van der Waals surface area contributed by atoms with Gasteiger partial charge in [0.2, 0.25) is 10.0 Å². The zero-order valence-corrected chi connectivity index (χ0v) is 13.5. The third kappa shape index (κ3) is 2.62. The van der Waals surface area contributed by atoms with Gasteiger partial charge in [0.25, 0.3) is 0 Å². The molecular weight excluding hydrogens is 272 g/mol. The molecule has 2 unspecified atom stereocenters. The fraction of sp³-hybridized carbons (Fsp3) is 0.600. The van der Waals surface area contributed by atoms with Crippen LogP contribution in [0.1, 0.15) is 30.5 Å². The molecule has 5 heteroatoms. The average Bonchev–Trinajstić information content (AvgIpc) is 2.70. The van der Waals surface area contributed by atoms with Crippen LogP contribution in [-0.4, -0.2) is 25.8 Å². The highest BCUT2D eigenvalue weighted by Crippen LogP contribution is 2.30. The van der Waals surface area contributed by atoms with Crippen molar-refractivity contribution in [1.29, 1.82) is 0 Å². The summed E-state index contributed by atoms with van der Waals surface area (Å²) in [5.41, 5.74) is 8.45. The maximum absolute atomic E-state index is 12.8. The van der Waals surface area contributed by atoms with Gasteiger partial charge in [-0.25, -0.2) is 8.42 Å². The Kier molecular flexibility index (Phi) is 4.23. The summed E-state index contributed by atoms with van der Waals surface area (Å²) in [6.07, 6.45) is 0. The van der Waals surface area contributed by atoms with Crippen LogP contribution in [0.2, 0.25) is 0 Å². The molecule has 1 saturated heterocycles. The lowest BCUT2D eigenvalue weighted by molar-refractivity contribution is 0.462. The molecule has 2 atom stereocenters. The van der Waals surface area contributed by atoms with Crippen molar-refractivity contribution in [2.75, 3.05) is 13.1 Å². The lowest BCUT2D eigenvalue weighted by atomic mass is 10.0. The van der Waals surface area contributed by atoms with Crippen LogP contribution in [0.4, 0.5) is 0 Å². The lowest BCUT2D eigenvalue weighted by Gasteiger charge is -2.19. The zero-order chi connectivity index (χ0) is 15.1. The van der Waals surface area contributed by atoms with E-state index in [0.717, 1.165) is 16.7 Å². The first kappa shape index (κ1) is 15.5. The quantitative estimate of drug-likeness (QED) is 0.928. The first-order valence-electron chi connectivity index (χ1n) is 7.07. The maximum atomic E-state index is 12.8. The molecule has 0 aliphatic carbocycles. The van der Waals surface area contributed by atoms with E-state index >= 15 is 0 Å². The van der Waals surface area contributed by atoms with Gasteiger partial charge in [-0.3, -0.25) is 0 Å². The minimum absolute atomic E-state index is 0.363. The van der Waals surface area contributed by atoms with Gasteiger partial charge in [-0.1, -0.05) is 19.9 Å². The minimum Gasteiger partial charge on any atom is -0.326 e. The van der Waals surface area contributed by atoms with Crippen LogP contribution in [0.5, 0.6) is 0 Å². The number of nitrogens with two attached hydrogens (primary N) is 1.